The number of aryl methyl sites for hydroxylation is 1. The Hall–Kier alpha value is -3.43. The second-order valence-electron chi connectivity index (χ2n) is 7.97. The first-order valence-electron chi connectivity index (χ1n) is 11.1. The summed E-state index contributed by atoms with van der Waals surface area (Å²) in [6.07, 6.45) is 0.574. The number of nitrogens with zero attached hydrogens (tertiary/aromatic N) is 2. The standard InChI is InChI=1S/C24H28N4O5/c29-22(9-11-28-20-6-1-2-7-21(20)33-24(28)31)25-17-18-4-3-5-19(16-18)26-23(30)8-10-27-12-14-32-15-13-27/h1-7,16H,8-15,17H2,(H,25,29)(H,26,30). The monoisotopic (exact) mass is 452 g/mol. The lowest BCUT2D eigenvalue weighted by Crippen LogP contribution is -2.38. The molecule has 0 saturated carbocycles. The molecule has 0 bridgehead atoms. The number of morpholine rings is 1. The first kappa shape index (κ1) is 22.8. The molecule has 0 atom stereocenters. The minimum atomic E-state index is -0.471. The van der Waals surface area contributed by atoms with Crippen LogP contribution in [0.25, 0.3) is 11.1 Å². The number of aromatic nitrogens is 1. The predicted molar refractivity (Wildman–Crippen MR) is 124 cm³/mol. The molecule has 0 spiro atoms. The first-order valence-corrected chi connectivity index (χ1v) is 11.1. The number of rotatable bonds is 9. The fraction of sp³-hybridized carbons (Fsp3) is 0.375. The lowest BCUT2D eigenvalue weighted by atomic mass is 10.2. The molecule has 1 aliphatic rings. The van der Waals surface area contributed by atoms with Gasteiger partial charge in [-0.15, -0.1) is 0 Å². The summed E-state index contributed by atoms with van der Waals surface area (Å²) in [5.74, 6) is -0.686. The van der Waals surface area contributed by atoms with Gasteiger partial charge in [0.1, 0.15) is 0 Å². The molecule has 174 valence electrons. The van der Waals surface area contributed by atoms with Crippen molar-refractivity contribution in [3.05, 3.63) is 64.6 Å². The molecule has 4 rings (SSSR count). The second-order valence-corrected chi connectivity index (χ2v) is 7.97. The smallest absolute Gasteiger partial charge is 0.408 e. The number of carbonyl (C=O) groups excluding carboxylic acids is 2. The highest BCUT2D eigenvalue weighted by Gasteiger charge is 2.13. The van der Waals surface area contributed by atoms with E-state index in [1.54, 1.807) is 18.2 Å². The van der Waals surface area contributed by atoms with E-state index in [4.69, 9.17) is 9.15 Å². The highest BCUT2D eigenvalue weighted by atomic mass is 16.5. The molecule has 9 heteroatoms. The van der Waals surface area contributed by atoms with Crippen LogP contribution in [0.3, 0.4) is 0 Å². The quantitative estimate of drug-likeness (QED) is 0.514. The number of amides is 2. The van der Waals surface area contributed by atoms with Crippen LogP contribution in [0.15, 0.2) is 57.7 Å². The number of nitrogens with one attached hydrogen (secondary N) is 2. The van der Waals surface area contributed by atoms with Gasteiger partial charge in [0.15, 0.2) is 5.58 Å². The third-order valence-electron chi connectivity index (χ3n) is 5.60. The van der Waals surface area contributed by atoms with Gasteiger partial charge in [-0.1, -0.05) is 24.3 Å². The summed E-state index contributed by atoms with van der Waals surface area (Å²) >= 11 is 0. The van der Waals surface area contributed by atoms with Crippen molar-refractivity contribution < 1.29 is 18.7 Å². The number of oxazole rings is 1. The number of ether oxygens (including phenoxy) is 1. The van der Waals surface area contributed by atoms with Crippen molar-refractivity contribution in [2.45, 2.75) is 25.9 Å². The van der Waals surface area contributed by atoms with Crippen molar-refractivity contribution in [2.75, 3.05) is 38.2 Å². The average molecular weight is 453 g/mol. The molecule has 0 aliphatic carbocycles. The number of para-hydroxylation sites is 2. The number of hydrogen-bond acceptors (Lipinski definition) is 6. The van der Waals surface area contributed by atoms with Gasteiger partial charge in [-0.3, -0.25) is 19.1 Å². The van der Waals surface area contributed by atoms with Crippen LogP contribution in [0.5, 0.6) is 0 Å². The maximum atomic E-state index is 12.3. The zero-order valence-electron chi connectivity index (χ0n) is 18.4. The summed E-state index contributed by atoms with van der Waals surface area (Å²) in [6, 6.07) is 14.5. The van der Waals surface area contributed by atoms with Crippen LogP contribution in [0.2, 0.25) is 0 Å². The molecule has 33 heavy (non-hydrogen) atoms. The maximum absolute atomic E-state index is 12.3. The van der Waals surface area contributed by atoms with Crippen molar-refractivity contribution >= 4 is 28.6 Å². The summed E-state index contributed by atoms with van der Waals surface area (Å²) in [7, 11) is 0. The number of anilines is 1. The maximum Gasteiger partial charge on any atom is 0.419 e. The van der Waals surface area contributed by atoms with E-state index < -0.39 is 5.76 Å². The van der Waals surface area contributed by atoms with Gasteiger partial charge in [-0.05, 0) is 29.8 Å². The van der Waals surface area contributed by atoms with Gasteiger partial charge < -0.3 is 19.8 Å². The highest BCUT2D eigenvalue weighted by molar-refractivity contribution is 5.90. The molecular weight excluding hydrogens is 424 g/mol. The van der Waals surface area contributed by atoms with Gasteiger partial charge in [0.2, 0.25) is 11.8 Å². The van der Waals surface area contributed by atoms with Crippen LogP contribution < -0.4 is 16.4 Å². The van der Waals surface area contributed by atoms with E-state index in [0.717, 1.165) is 18.7 Å². The zero-order valence-corrected chi connectivity index (χ0v) is 18.4. The van der Waals surface area contributed by atoms with Gasteiger partial charge in [0.05, 0.1) is 18.7 Å². The number of carbonyl (C=O) groups is 2. The molecule has 2 aromatic carbocycles. The van der Waals surface area contributed by atoms with Gasteiger partial charge in [0, 0.05) is 51.3 Å². The van der Waals surface area contributed by atoms with Gasteiger partial charge in [-0.25, -0.2) is 4.79 Å². The van der Waals surface area contributed by atoms with Crippen LogP contribution in [0.1, 0.15) is 18.4 Å². The fourth-order valence-electron chi connectivity index (χ4n) is 3.80. The average Bonchev–Trinajstić information content (AvgIpc) is 3.16. The van der Waals surface area contributed by atoms with Crippen LogP contribution in [0.4, 0.5) is 5.69 Å². The Bertz CT molecular complexity index is 1160. The van der Waals surface area contributed by atoms with Crippen molar-refractivity contribution in [3.8, 4) is 0 Å². The summed E-state index contributed by atoms with van der Waals surface area (Å²) in [6.45, 7) is 4.41. The van der Waals surface area contributed by atoms with Crippen LogP contribution in [-0.2, 0) is 27.4 Å². The molecule has 2 amide bonds. The Morgan fingerprint density at radius 2 is 1.73 bits per heavy atom. The molecule has 0 radical (unpaired) electrons. The van der Waals surface area contributed by atoms with E-state index in [9.17, 15) is 14.4 Å². The summed E-state index contributed by atoms with van der Waals surface area (Å²) < 4.78 is 12.0. The SMILES string of the molecule is O=C(CCn1c(=O)oc2ccccc21)NCc1cccc(NC(=O)CCN2CCOCC2)c1. The Morgan fingerprint density at radius 3 is 2.58 bits per heavy atom. The topological polar surface area (TPSA) is 106 Å². The van der Waals surface area contributed by atoms with Crippen LogP contribution in [-0.4, -0.2) is 54.1 Å². The number of hydrogen-bond donors (Lipinski definition) is 2. The number of fused-ring (bicyclic) bond motifs is 1. The van der Waals surface area contributed by atoms with Crippen molar-refractivity contribution in [2.24, 2.45) is 0 Å². The molecule has 3 aromatic rings. The molecule has 1 aliphatic heterocycles. The summed E-state index contributed by atoms with van der Waals surface area (Å²) in [4.78, 5) is 38.8. The summed E-state index contributed by atoms with van der Waals surface area (Å²) in [5.41, 5.74) is 2.75. The Morgan fingerprint density at radius 1 is 0.939 bits per heavy atom. The molecule has 2 N–H and O–H groups in total. The third-order valence-corrected chi connectivity index (χ3v) is 5.60. The zero-order chi connectivity index (χ0) is 23.0. The van der Waals surface area contributed by atoms with E-state index in [-0.39, 0.29) is 24.8 Å². The van der Waals surface area contributed by atoms with Gasteiger partial charge in [-0.2, -0.15) is 0 Å². The van der Waals surface area contributed by atoms with Crippen LogP contribution >= 0.6 is 0 Å². The van der Waals surface area contributed by atoms with Gasteiger partial charge in [0.25, 0.3) is 0 Å². The summed E-state index contributed by atoms with van der Waals surface area (Å²) in [5, 5.41) is 5.78. The minimum absolute atomic E-state index is 0.0412. The Kier molecular flexibility index (Phi) is 7.54. The second kappa shape index (κ2) is 10.9. The van der Waals surface area contributed by atoms with Crippen molar-refractivity contribution in [1.29, 1.82) is 0 Å². The molecule has 2 heterocycles. The molecule has 1 saturated heterocycles. The predicted octanol–water partition coefficient (Wildman–Crippen LogP) is 1.96. The highest BCUT2D eigenvalue weighted by Crippen LogP contribution is 2.13. The van der Waals surface area contributed by atoms with E-state index in [2.05, 4.69) is 15.5 Å². The molecule has 1 fully saturated rings. The lowest BCUT2D eigenvalue weighted by Gasteiger charge is -2.26. The molecular formula is C24H28N4O5. The van der Waals surface area contributed by atoms with Crippen molar-refractivity contribution in [1.82, 2.24) is 14.8 Å². The van der Waals surface area contributed by atoms with E-state index in [1.807, 2.05) is 30.3 Å². The minimum Gasteiger partial charge on any atom is -0.408 e. The third kappa shape index (κ3) is 6.30. The normalized spacial score (nSPS) is 14.3. The largest absolute Gasteiger partial charge is 0.419 e. The molecule has 9 nitrogen and oxygen atoms in total. The number of benzene rings is 2. The van der Waals surface area contributed by atoms with E-state index in [0.29, 0.717) is 49.5 Å². The molecule has 1 aromatic heterocycles. The van der Waals surface area contributed by atoms with E-state index >= 15 is 0 Å². The fourth-order valence-corrected chi connectivity index (χ4v) is 3.80. The van der Waals surface area contributed by atoms with Crippen molar-refractivity contribution in [3.63, 3.8) is 0 Å². The molecule has 0 unspecified atom stereocenters. The Balaban J connectivity index is 1.23. The van der Waals surface area contributed by atoms with Gasteiger partial charge >= 0.3 is 5.76 Å². The van der Waals surface area contributed by atoms with Crippen LogP contribution in [0, 0.1) is 0 Å². The Labute approximate surface area is 191 Å². The van der Waals surface area contributed by atoms with E-state index in [1.165, 1.54) is 4.57 Å². The first-order chi connectivity index (χ1) is 16.1. The lowest BCUT2D eigenvalue weighted by molar-refractivity contribution is -0.121.